The van der Waals surface area contributed by atoms with Crippen molar-refractivity contribution < 1.29 is 9.57 Å². The van der Waals surface area contributed by atoms with Gasteiger partial charge in [-0.15, -0.1) is 0 Å². The minimum atomic E-state index is -0.0960. The van der Waals surface area contributed by atoms with E-state index in [0.717, 1.165) is 13.2 Å². The van der Waals surface area contributed by atoms with Crippen LogP contribution in [0.3, 0.4) is 0 Å². The van der Waals surface area contributed by atoms with Crippen LogP contribution in [0.2, 0.25) is 0 Å². The maximum Gasteiger partial charge on any atom is 0.0986 e. The molecule has 0 spiro atoms. The second-order valence-electron chi connectivity index (χ2n) is 3.96. The molecule has 2 saturated heterocycles. The number of hydroxylamine groups is 1. The van der Waals surface area contributed by atoms with Gasteiger partial charge in [0.1, 0.15) is 0 Å². The first kappa shape index (κ1) is 8.41. The summed E-state index contributed by atoms with van der Waals surface area (Å²) < 4.78 is 5.53. The summed E-state index contributed by atoms with van der Waals surface area (Å²) in [5.74, 6) is 0.449. The number of ether oxygens (including phenoxy) is 1. The summed E-state index contributed by atoms with van der Waals surface area (Å²) in [6.45, 7) is 2.25. The lowest BCUT2D eigenvalue weighted by Crippen LogP contribution is -2.41. The van der Waals surface area contributed by atoms with Gasteiger partial charge < -0.3 is 9.57 Å². The molecular weight excluding hydrogens is 178 g/mol. The first-order valence-electron chi connectivity index (χ1n) is 4.94. The van der Waals surface area contributed by atoms with Crippen LogP contribution in [0.1, 0.15) is 5.56 Å². The quantitative estimate of drug-likeness (QED) is 0.720. The van der Waals surface area contributed by atoms with Gasteiger partial charge in [-0.1, -0.05) is 30.3 Å². The van der Waals surface area contributed by atoms with Gasteiger partial charge in [0, 0.05) is 5.92 Å². The number of hydrogen-bond acceptors (Lipinski definition) is 3. The number of fused-ring (bicyclic) bond motifs is 1. The van der Waals surface area contributed by atoms with Gasteiger partial charge in [0.15, 0.2) is 0 Å². The van der Waals surface area contributed by atoms with E-state index < -0.39 is 0 Å². The van der Waals surface area contributed by atoms with Crippen LogP contribution in [0.4, 0.5) is 0 Å². The summed E-state index contributed by atoms with van der Waals surface area (Å²) in [6.07, 6.45) is 0. The van der Waals surface area contributed by atoms with Crippen LogP contribution < -0.4 is 5.48 Å². The highest BCUT2D eigenvalue weighted by Crippen LogP contribution is 2.38. The van der Waals surface area contributed by atoms with Gasteiger partial charge >= 0.3 is 0 Å². The zero-order valence-corrected chi connectivity index (χ0v) is 7.90. The molecule has 0 amide bonds. The predicted octanol–water partition coefficient (Wildman–Crippen LogP) is 1.06. The molecule has 2 aliphatic heterocycles. The summed E-state index contributed by atoms with van der Waals surface area (Å²) in [4.78, 5) is 5.34. The molecule has 0 aliphatic carbocycles. The highest BCUT2D eigenvalue weighted by molar-refractivity contribution is 5.27. The fourth-order valence-electron chi connectivity index (χ4n) is 2.31. The van der Waals surface area contributed by atoms with Crippen molar-refractivity contribution >= 4 is 0 Å². The Morgan fingerprint density at radius 2 is 2.07 bits per heavy atom. The highest BCUT2D eigenvalue weighted by Gasteiger charge is 2.49. The average Bonchev–Trinajstić information content (AvgIpc) is 2.77. The molecule has 74 valence electrons. The SMILES string of the molecule is c1ccc([C@]23COC[C@H]2CON3)cc1. The van der Waals surface area contributed by atoms with Gasteiger partial charge in [0.25, 0.3) is 0 Å². The van der Waals surface area contributed by atoms with Gasteiger partial charge in [-0.05, 0) is 5.56 Å². The standard InChI is InChI=1S/C11H13NO2/c1-2-4-9(5-3-1)11-8-13-6-10(11)7-14-12-11/h1-5,10,12H,6-8H2/t10-,11+/m0/s1. The number of nitrogens with one attached hydrogen (secondary N) is 1. The number of rotatable bonds is 1. The molecule has 3 rings (SSSR count). The third kappa shape index (κ3) is 1.03. The second kappa shape index (κ2) is 3.05. The Labute approximate surface area is 83.0 Å². The maximum absolute atomic E-state index is 5.53. The molecule has 3 nitrogen and oxygen atoms in total. The molecule has 1 aromatic carbocycles. The van der Waals surface area contributed by atoms with Crippen LogP contribution in [0, 0.1) is 5.92 Å². The fraction of sp³-hybridized carbons (Fsp3) is 0.455. The van der Waals surface area contributed by atoms with Gasteiger partial charge in [0.2, 0.25) is 0 Å². The summed E-state index contributed by atoms with van der Waals surface area (Å²) >= 11 is 0. The van der Waals surface area contributed by atoms with Crippen LogP contribution in [-0.2, 0) is 15.1 Å². The highest BCUT2D eigenvalue weighted by atomic mass is 16.7. The van der Waals surface area contributed by atoms with Crippen molar-refractivity contribution in [3.05, 3.63) is 35.9 Å². The molecule has 0 aromatic heterocycles. The topological polar surface area (TPSA) is 30.5 Å². The van der Waals surface area contributed by atoms with Crippen LogP contribution in [-0.4, -0.2) is 19.8 Å². The van der Waals surface area contributed by atoms with Gasteiger partial charge in [-0.25, -0.2) is 0 Å². The lowest BCUT2D eigenvalue weighted by Gasteiger charge is -2.25. The van der Waals surface area contributed by atoms with Gasteiger partial charge in [-0.3, -0.25) is 0 Å². The zero-order chi connectivity index (χ0) is 9.43. The molecule has 2 fully saturated rings. The summed E-state index contributed by atoms with van der Waals surface area (Å²) in [5, 5.41) is 0. The molecule has 2 aliphatic rings. The predicted molar refractivity (Wildman–Crippen MR) is 51.5 cm³/mol. The Hall–Kier alpha value is -0.900. The second-order valence-corrected chi connectivity index (χ2v) is 3.96. The minimum Gasteiger partial charge on any atom is -0.379 e. The van der Waals surface area contributed by atoms with Gasteiger partial charge in [-0.2, -0.15) is 5.48 Å². The molecule has 0 saturated carbocycles. The van der Waals surface area contributed by atoms with Crippen molar-refractivity contribution in [1.29, 1.82) is 0 Å². The minimum absolute atomic E-state index is 0.0960. The van der Waals surface area contributed by atoms with E-state index >= 15 is 0 Å². The molecule has 2 atom stereocenters. The van der Waals surface area contributed by atoms with Crippen molar-refractivity contribution in [2.24, 2.45) is 5.92 Å². The van der Waals surface area contributed by atoms with Crippen LogP contribution in [0.5, 0.6) is 0 Å². The summed E-state index contributed by atoms with van der Waals surface area (Å²) in [6, 6.07) is 10.4. The molecule has 2 heterocycles. The molecule has 0 bridgehead atoms. The summed E-state index contributed by atoms with van der Waals surface area (Å²) in [5.41, 5.74) is 4.29. The largest absolute Gasteiger partial charge is 0.379 e. The molecule has 1 aromatic rings. The third-order valence-corrected chi connectivity index (χ3v) is 3.17. The average molecular weight is 191 g/mol. The lowest BCUT2D eigenvalue weighted by molar-refractivity contribution is 0.0251. The third-order valence-electron chi connectivity index (χ3n) is 3.17. The van der Waals surface area contributed by atoms with Crippen molar-refractivity contribution in [1.82, 2.24) is 5.48 Å². The van der Waals surface area contributed by atoms with Crippen LogP contribution in [0.15, 0.2) is 30.3 Å². The van der Waals surface area contributed by atoms with E-state index in [1.54, 1.807) is 0 Å². The van der Waals surface area contributed by atoms with Crippen LogP contribution >= 0.6 is 0 Å². The van der Waals surface area contributed by atoms with E-state index in [0.29, 0.717) is 12.5 Å². The maximum atomic E-state index is 5.53. The number of hydrogen-bond donors (Lipinski definition) is 1. The Balaban J connectivity index is 2.03. The van der Waals surface area contributed by atoms with E-state index in [1.807, 2.05) is 6.07 Å². The van der Waals surface area contributed by atoms with Crippen molar-refractivity contribution in [3.63, 3.8) is 0 Å². The molecule has 14 heavy (non-hydrogen) atoms. The zero-order valence-electron chi connectivity index (χ0n) is 7.90. The normalized spacial score (nSPS) is 35.9. The molecule has 0 unspecified atom stereocenters. The molecule has 1 N–H and O–H groups in total. The van der Waals surface area contributed by atoms with Crippen molar-refractivity contribution in [2.75, 3.05) is 19.8 Å². The van der Waals surface area contributed by atoms with Crippen molar-refractivity contribution in [2.45, 2.75) is 5.54 Å². The Bertz CT molecular complexity index is 315. The van der Waals surface area contributed by atoms with E-state index in [4.69, 9.17) is 9.57 Å². The Morgan fingerprint density at radius 3 is 2.93 bits per heavy atom. The van der Waals surface area contributed by atoms with E-state index in [1.165, 1.54) is 5.56 Å². The first-order valence-corrected chi connectivity index (χ1v) is 4.94. The smallest absolute Gasteiger partial charge is 0.0986 e. The lowest BCUT2D eigenvalue weighted by atomic mass is 9.83. The molecule has 0 radical (unpaired) electrons. The van der Waals surface area contributed by atoms with E-state index in [-0.39, 0.29) is 5.54 Å². The van der Waals surface area contributed by atoms with E-state index in [9.17, 15) is 0 Å². The van der Waals surface area contributed by atoms with Gasteiger partial charge in [0.05, 0.1) is 25.4 Å². The fourth-order valence-corrected chi connectivity index (χ4v) is 2.31. The Morgan fingerprint density at radius 1 is 1.21 bits per heavy atom. The Kier molecular flexibility index (Phi) is 1.83. The first-order chi connectivity index (χ1) is 6.92. The molecule has 3 heteroatoms. The summed E-state index contributed by atoms with van der Waals surface area (Å²) in [7, 11) is 0. The monoisotopic (exact) mass is 191 g/mol. The number of benzene rings is 1. The van der Waals surface area contributed by atoms with Crippen LogP contribution in [0.25, 0.3) is 0 Å². The van der Waals surface area contributed by atoms with E-state index in [2.05, 4.69) is 29.7 Å². The van der Waals surface area contributed by atoms with Crippen molar-refractivity contribution in [3.8, 4) is 0 Å². The molecular formula is C11H13NO2.